The molecule has 31 heavy (non-hydrogen) atoms. The number of carbonyl (C=O) groups excluding carboxylic acids is 4. The molecule has 2 N–H and O–H groups in total. The van der Waals surface area contributed by atoms with E-state index in [-0.39, 0.29) is 35.8 Å². The van der Waals surface area contributed by atoms with Crippen LogP contribution in [-0.2, 0) is 19.1 Å². The molecule has 3 rings (SSSR count). The zero-order chi connectivity index (χ0) is 22.2. The number of likely N-dealkylation sites (tertiary alicyclic amines) is 1. The van der Waals surface area contributed by atoms with Gasteiger partial charge in [0.1, 0.15) is 6.42 Å². The Morgan fingerprint density at radius 2 is 1.74 bits per heavy atom. The minimum Gasteiger partial charge on any atom is -0.469 e. The van der Waals surface area contributed by atoms with Gasteiger partial charge in [0.05, 0.1) is 7.11 Å². The maximum absolute atomic E-state index is 12.8. The van der Waals surface area contributed by atoms with Gasteiger partial charge in [-0.25, -0.2) is 9.97 Å². The Morgan fingerprint density at radius 3 is 2.42 bits per heavy atom. The number of amides is 3. The summed E-state index contributed by atoms with van der Waals surface area (Å²) in [6.45, 7) is 0.873. The highest BCUT2D eigenvalue weighted by Crippen LogP contribution is 2.27. The zero-order valence-corrected chi connectivity index (χ0v) is 17.8. The van der Waals surface area contributed by atoms with Crippen LogP contribution >= 0.6 is 0 Å². The van der Waals surface area contributed by atoms with Gasteiger partial charge in [-0.3, -0.25) is 19.2 Å². The first-order valence-electron chi connectivity index (χ1n) is 10.7. The Bertz CT molecular complexity index is 816. The number of methoxy groups -OCH3 is 1. The highest BCUT2D eigenvalue weighted by atomic mass is 16.5. The first-order valence-corrected chi connectivity index (χ1v) is 10.7. The summed E-state index contributed by atoms with van der Waals surface area (Å²) in [5.74, 6) is -0.861. The van der Waals surface area contributed by atoms with E-state index in [1.165, 1.54) is 19.5 Å². The van der Waals surface area contributed by atoms with Gasteiger partial charge in [0.2, 0.25) is 11.8 Å². The third-order valence-corrected chi connectivity index (χ3v) is 5.83. The molecule has 0 atom stereocenters. The first-order chi connectivity index (χ1) is 15.0. The number of hydrogen-bond donors (Lipinski definition) is 2. The van der Waals surface area contributed by atoms with Crippen molar-refractivity contribution in [2.24, 2.45) is 5.92 Å². The number of hydrogen-bond acceptors (Lipinski definition) is 7. The second kappa shape index (κ2) is 10.8. The summed E-state index contributed by atoms with van der Waals surface area (Å²) in [5, 5.41) is 5.64. The molecule has 168 valence electrons. The van der Waals surface area contributed by atoms with Gasteiger partial charge in [0.25, 0.3) is 5.91 Å². The predicted molar refractivity (Wildman–Crippen MR) is 111 cm³/mol. The van der Waals surface area contributed by atoms with Crippen LogP contribution in [0.4, 0.5) is 5.82 Å². The molecule has 1 saturated heterocycles. The van der Waals surface area contributed by atoms with E-state index < -0.39 is 11.9 Å². The molecular formula is C21H29N5O5. The van der Waals surface area contributed by atoms with Crippen molar-refractivity contribution in [1.82, 2.24) is 20.2 Å². The average Bonchev–Trinajstić information content (AvgIpc) is 3.27. The van der Waals surface area contributed by atoms with Crippen LogP contribution in [0.5, 0.6) is 0 Å². The van der Waals surface area contributed by atoms with Crippen molar-refractivity contribution in [2.45, 2.75) is 57.4 Å². The van der Waals surface area contributed by atoms with Gasteiger partial charge < -0.3 is 20.3 Å². The lowest BCUT2D eigenvalue weighted by molar-refractivity contribution is -0.147. The van der Waals surface area contributed by atoms with E-state index in [1.54, 1.807) is 4.90 Å². The van der Waals surface area contributed by atoms with E-state index in [0.29, 0.717) is 38.3 Å². The lowest BCUT2D eigenvalue weighted by Crippen LogP contribution is -2.47. The van der Waals surface area contributed by atoms with Crippen LogP contribution in [0.15, 0.2) is 12.4 Å². The van der Waals surface area contributed by atoms with E-state index >= 15 is 0 Å². The molecular weight excluding hydrogens is 402 g/mol. The normalized spacial score (nSPS) is 17.3. The molecule has 0 radical (unpaired) electrons. The van der Waals surface area contributed by atoms with Crippen molar-refractivity contribution < 1.29 is 23.9 Å². The van der Waals surface area contributed by atoms with Crippen LogP contribution in [0.3, 0.4) is 0 Å². The molecule has 10 heteroatoms. The highest BCUT2D eigenvalue weighted by molar-refractivity contribution is 6.01. The van der Waals surface area contributed by atoms with Crippen molar-refractivity contribution in [1.29, 1.82) is 0 Å². The summed E-state index contributed by atoms with van der Waals surface area (Å²) >= 11 is 0. The third-order valence-electron chi connectivity index (χ3n) is 5.83. The quantitative estimate of drug-likeness (QED) is 0.491. The van der Waals surface area contributed by atoms with Crippen molar-refractivity contribution >= 4 is 29.5 Å². The zero-order valence-electron chi connectivity index (χ0n) is 17.8. The van der Waals surface area contributed by atoms with Gasteiger partial charge in [-0.15, -0.1) is 0 Å². The topological polar surface area (TPSA) is 131 Å². The SMILES string of the molecule is COC(=O)CC(=O)N1CCC(NC(=O)c2nccnc2NC(=O)CC2CCCC2)CC1. The molecule has 2 aliphatic rings. The van der Waals surface area contributed by atoms with E-state index in [2.05, 4.69) is 25.3 Å². The van der Waals surface area contributed by atoms with Crippen LogP contribution in [0.2, 0.25) is 0 Å². The molecule has 2 heterocycles. The molecule has 2 fully saturated rings. The fourth-order valence-corrected chi connectivity index (χ4v) is 4.09. The maximum Gasteiger partial charge on any atom is 0.315 e. The minimum absolute atomic E-state index is 0.0754. The number of nitrogens with one attached hydrogen (secondary N) is 2. The molecule has 1 aromatic rings. The lowest BCUT2D eigenvalue weighted by Gasteiger charge is -2.32. The third kappa shape index (κ3) is 6.47. The van der Waals surface area contributed by atoms with E-state index in [4.69, 9.17) is 0 Å². The molecule has 0 unspecified atom stereocenters. The van der Waals surface area contributed by atoms with Gasteiger partial charge in [-0.1, -0.05) is 12.8 Å². The summed E-state index contributed by atoms with van der Waals surface area (Å²) < 4.78 is 4.52. The molecule has 0 bridgehead atoms. The van der Waals surface area contributed by atoms with Crippen molar-refractivity contribution in [3.63, 3.8) is 0 Å². The standard InChI is InChI=1S/C21H29N5O5/c1-31-18(29)13-17(28)26-10-6-15(7-11-26)24-21(30)19-20(23-9-8-22-19)25-16(27)12-14-4-2-3-5-14/h8-9,14-15H,2-7,10-13H2,1H3,(H,24,30)(H,23,25,27). The fourth-order valence-electron chi connectivity index (χ4n) is 4.09. The predicted octanol–water partition coefficient (Wildman–Crippen LogP) is 1.28. The molecule has 1 aromatic heterocycles. The Kier molecular flexibility index (Phi) is 7.91. The minimum atomic E-state index is -0.564. The van der Waals surface area contributed by atoms with Crippen LogP contribution in [0, 0.1) is 5.92 Å². The van der Waals surface area contributed by atoms with Crippen LogP contribution < -0.4 is 10.6 Å². The second-order valence-corrected chi connectivity index (χ2v) is 8.04. The van der Waals surface area contributed by atoms with Gasteiger partial charge in [-0.05, 0) is 31.6 Å². The Balaban J connectivity index is 1.51. The van der Waals surface area contributed by atoms with Gasteiger partial charge in [-0.2, -0.15) is 0 Å². The molecule has 0 aromatic carbocycles. The Morgan fingerprint density at radius 1 is 1.06 bits per heavy atom. The maximum atomic E-state index is 12.8. The number of ether oxygens (including phenoxy) is 1. The molecule has 1 aliphatic carbocycles. The van der Waals surface area contributed by atoms with Crippen molar-refractivity contribution in [3.05, 3.63) is 18.1 Å². The van der Waals surface area contributed by atoms with Crippen molar-refractivity contribution in [2.75, 3.05) is 25.5 Å². The number of piperidine rings is 1. The fraction of sp³-hybridized carbons (Fsp3) is 0.619. The molecule has 1 aliphatic heterocycles. The molecule has 10 nitrogen and oxygen atoms in total. The first kappa shape index (κ1) is 22.6. The van der Waals surface area contributed by atoms with Crippen molar-refractivity contribution in [3.8, 4) is 0 Å². The number of nitrogens with zero attached hydrogens (tertiary/aromatic N) is 3. The van der Waals surface area contributed by atoms with E-state index in [0.717, 1.165) is 25.7 Å². The smallest absolute Gasteiger partial charge is 0.315 e. The van der Waals surface area contributed by atoms with E-state index in [1.807, 2.05) is 0 Å². The molecule has 0 spiro atoms. The number of rotatable bonds is 7. The summed E-state index contributed by atoms with van der Waals surface area (Å²) in [4.78, 5) is 58.3. The van der Waals surface area contributed by atoms with Gasteiger partial charge >= 0.3 is 5.97 Å². The summed E-state index contributed by atoms with van der Waals surface area (Å²) in [6.07, 6.45) is 8.54. The van der Waals surface area contributed by atoms with Crippen LogP contribution in [0.25, 0.3) is 0 Å². The second-order valence-electron chi connectivity index (χ2n) is 8.04. The lowest BCUT2D eigenvalue weighted by atomic mass is 10.0. The summed E-state index contributed by atoms with van der Waals surface area (Å²) in [5.41, 5.74) is 0.0754. The number of carbonyl (C=O) groups is 4. The van der Waals surface area contributed by atoms with E-state index in [9.17, 15) is 19.2 Å². The molecule has 3 amide bonds. The largest absolute Gasteiger partial charge is 0.469 e. The number of aromatic nitrogens is 2. The Labute approximate surface area is 181 Å². The summed E-state index contributed by atoms with van der Waals surface area (Å²) in [7, 11) is 1.25. The molecule has 1 saturated carbocycles. The van der Waals surface area contributed by atoms with Crippen LogP contribution in [0.1, 0.15) is 61.9 Å². The van der Waals surface area contributed by atoms with Gasteiger partial charge in [0.15, 0.2) is 11.5 Å². The Hall–Kier alpha value is -3.04. The van der Waals surface area contributed by atoms with Crippen LogP contribution in [-0.4, -0.2) is 64.8 Å². The van der Waals surface area contributed by atoms with Gasteiger partial charge in [0, 0.05) is 37.9 Å². The monoisotopic (exact) mass is 431 g/mol. The summed E-state index contributed by atoms with van der Waals surface area (Å²) in [6, 6.07) is -0.140. The number of anilines is 1. The average molecular weight is 431 g/mol. The highest BCUT2D eigenvalue weighted by Gasteiger charge is 2.27. The number of esters is 1.